The van der Waals surface area contributed by atoms with E-state index in [9.17, 15) is 14.0 Å². The van der Waals surface area contributed by atoms with Gasteiger partial charge in [0.15, 0.2) is 6.61 Å². The van der Waals surface area contributed by atoms with Crippen LogP contribution in [0.5, 0.6) is 0 Å². The molecule has 0 aliphatic heterocycles. The highest BCUT2D eigenvalue weighted by atomic mass is 79.9. The number of hydrogen-bond acceptors (Lipinski definition) is 3. The third kappa shape index (κ3) is 4.39. The van der Waals surface area contributed by atoms with Crippen molar-refractivity contribution >= 4 is 33.5 Å². The van der Waals surface area contributed by atoms with Gasteiger partial charge in [0.1, 0.15) is 5.82 Å². The summed E-state index contributed by atoms with van der Waals surface area (Å²) in [6.07, 6.45) is 0. The van der Waals surface area contributed by atoms with E-state index in [4.69, 9.17) is 4.74 Å². The number of benzene rings is 2. The Morgan fingerprint density at radius 1 is 1.18 bits per heavy atom. The van der Waals surface area contributed by atoms with Crippen molar-refractivity contribution in [2.75, 3.05) is 11.9 Å². The van der Waals surface area contributed by atoms with Crippen LogP contribution in [0.2, 0.25) is 0 Å². The molecule has 0 aromatic heterocycles. The Balaban J connectivity index is 1.91. The van der Waals surface area contributed by atoms with Gasteiger partial charge in [-0.3, -0.25) is 4.79 Å². The molecule has 1 N–H and O–H groups in total. The molecule has 0 heterocycles. The molecule has 0 aliphatic rings. The Morgan fingerprint density at radius 2 is 1.86 bits per heavy atom. The molecule has 4 nitrogen and oxygen atoms in total. The first-order valence-electron chi connectivity index (χ1n) is 6.44. The minimum Gasteiger partial charge on any atom is -0.452 e. The Hall–Kier alpha value is -2.21. The highest BCUT2D eigenvalue weighted by Crippen LogP contribution is 2.16. The number of hydrogen-bond donors (Lipinski definition) is 1. The van der Waals surface area contributed by atoms with Gasteiger partial charge in [-0.1, -0.05) is 33.6 Å². The van der Waals surface area contributed by atoms with Gasteiger partial charge in [0.05, 0.1) is 5.56 Å². The number of amides is 1. The molecule has 0 spiro atoms. The molecule has 0 saturated carbocycles. The lowest BCUT2D eigenvalue weighted by Crippen LogP contribution is -2.21. The number of carbonyl (C=O) groups is 2. The fourth-order valence-electron chi connectivity index (χ4n) is 1.70. The maximum Gasteiger partial charge on any atom is 0.341 e. The van der Waals surface area contributed by atoms with Gasteiger partial charge in [-0.2, -0.15) is 0 Å². The van der Waals surface area contributed by atoms with E-state index in [1.807, 2.05) is 19.1 Å². The summed E-state index contributed by atoms with van der Waals surface area (Å²) >= 11 is 3.14. The van der Waals surface area contributed by atoms with Crippen molar-refractivity contribution in [2.24, 2.45) is 0 Å². The van der Waals surface area contributed by atoms with Gasteiger partial charge in [-0.25, -0.2) is 9.18 Å². The lowest BCUT2D eigenvalue weighted by atomic mass is 10.2. The van der Waals surface area contributed by atoms with Gasteiger partial charge in [-0.15, -0.1) is 0 Å². The van der Waals surface area contributed by atoms with Crippen LogP contribution < -0.4 is 5.32 Å². The number of esters is 1. The second-order valence-electron chi connectivity index (χ2n) is 4.61. The minimum absolute atomic E-state index is 0.225. The van der Waals surface area contributed by atoms with Gasteiger partial charge in [-0.05, 0) is 37.3 Å². The number of nitrogens with one attached hydrogen (secondary N) is 1. The van der Waals surface area contributed by atoms with Crippen molar-refractivity contribution in [2.45, 2.75) is 6.92 Å². The van der Waals surface area contributed by atoms with Gasteiger partial charge < -0.3 is 10.1 Å². The molecule has 0 unspecified atom stereocenters. The molecule has 0 bridgehead atoms. The van der Waals surface area contributed by atoms with Gasteiger partial charge in [0.2, 0.25) is 0 Å². The van der Waals surface area contributed by atoms with Crippen molar-refractivity contribution in [3.05, 3.63) is 63.9 Å². The zero-order valence-corrected chi connectivity index (χ0v) is 13.3. The SMILES string of the molecule is Cc1ccc(NC(=O)COC(=O)c2cc(Br)ccc2F)cc1. The highest BCUT2D eigenvalue weighted by molar-refractivity contribution is 9.10. The van der Waals surface area contributed by atoms with E-state index in [1.54, 1.807) is 12.1 Å². The number of aryl methyl sites for hydroxylation is 1. The van der Waals surface area contributed by atoms with Crippen LogP contribution in [0.15, 0.2) is 46.9 Å². The molecule has 114 valence electrons. The summed E-state index contributed by atoms with van der Waals surface area (Å²) in [7, 11) is 0. The quantitative estimate of drug-likeness (QED) is 0.840. The average Bonchev–Trinajstić information content (AvgIpc) is 2.49. The molecular weight excluding hydrogens is 353 g/mol. The molecular formula is C16H13BrFNO3. The summed E-state index contributed by atoms with van der Waals surface area (Å²) in [5, 5.41) is 2.58. The first-order valence-corrected chi connectivity index (χ1v) is 7.23. The van der Waals surface area contributed by atoms with Crippen molar-refractivity contribution < 1.29 is 18.7 Å². The number of anilines is 1. The van der Waals surface area contributed by atoms with Gasteiger partial charge in [0, 0.05) is 10.2 Å². The third-order valence-electron chi connectivity index (χ3n) is 2.82. The molecule has 2 rings (SSSR count). The Morgan fingerprint density at radius 3 is 2.55 bits per heavy atom. The normalized spacial score (nSPS) is 10.1. The van der Waals surface area contributed by atoms with Crippen LogP contribution in [0.25, 0.3) is 0 Å². The molecule has 0 atom stereocenters. The summed E-state index contributed by atoms with van der Waals surface area (Å²) in [6.45, 7) is 1.44. The van der Waals surface area contributed by atoms with Crippen LogP contribution in [0, 0.1) is 12.7 Å². The van der Waals surface area contributed by atoms with Crippen LogP contribution in [-0.4, -0.2) is 18.5 Å². The van der Waals surface area contributed by atoms with E-state index in [2.05, 4.69) is 21.2 Å². The second kappa shape index (κ2) is 7.17. The van der Waals surface area contributed by atoms with Crippen LogP contribution >= 0.6 is 15.9 Å². The summed E-state index contributed by atoms with van der Waals surface area (Å²) in [5.41, 5.74) is 1.44. The summed E-state index contributed by atoms with van der Waals surface area (Å²) in [4.78, 5) is 23.4. The van der Waals surface area contributed by atoms with E-state index in [1.165, 1.54) is 12.1 Å². The molecule has 2 aromatic carbocycles. The summed E-state index contributed by atoms with van der Waals surface area (Å²) in [5.74, 6) is -2.09. The highest BCUT2D eigenvalue weighted by Gasteiger charge is 2.15. The fourth-order valence-corrected chi connectivity index (χ4v) is 2.06. The van der Waals surface area contributed by atoms with Gasteiger partial charge >= 0.3 is 5.97 Å². The molecule has 2 aromatic rings. The van der Waals surface area contributed by atoms with Crippen molar-refractivity contribution in [3.63, 3.8) is 0 Å². The van der Waals surface area contributed by atoms with E-state index in [-0.39, 0.29) is 5.56 Å². The van der Waals surface area contributed by atoms with Crippen LogP contribution in [0.1, 0.15) is 15.9 Å². The maximum atomic E-state index is 13.5. The first-order chi connectivity index (χ1) is 10.5. The van der Waals surface area contributed by atoms with E-state index >= 15 is 0 Å². The average molecular weight is 366 g/mol. The van der Waals surface area contributed by atoms with Crippen LogP contribution in [-0.2, 0) is 9.53 Å². The zero-order chi connectivity index (χ0) is 16.1. The summed E-state index contributed by atoms with van der Waals surface area (Å²) < 4.78 is 18.9. The van der Waals surface area contributed by atoms with Gasteiger partial charge in [0.25, 0.3) is 5.91 Å². The molecule has 0 saturated heterocycles. The molecule has 0 fully saturated rings. The Labute approximate surface area is 135 Å². The predicted molar refractivity (Wildman–Crippen MR) is 84.2 cm³/mol. The Kier molecular flexibility index (Phi) is 5.27. The number of carbonyl (C=O) groups excluding carboxylic acids is 2. The molecule has 22 heavy (non-hydrogen) atoms. The van der Waals surface area contributed by atoms with Crippen molar-refractivity contribution in [3.8, 4) is 0 Å². The van der Waals surface area contributed by atoms with Crippen molar-refractivity contribution in [1.29, 1.82) is 0 Å². The van der Waals surface area contributed by atoms with Crippen LogP contribution in [0.4, 0.5) is 10.1 Å². The number of halogens is 2. The monoisotopic (exact) mass is 365 g/mol. The van der Waals surface area contributed by atoms with E-state index in [0.29, 0.717) is 10.2 Å². The standard InChI is InChI=1S/C16H13BrFNO3/c1-10-2-5-12(6-3-10)19-15(20)9-22-16(21)13-8-11(17)4-7-14(13)18/h2-8H,9H2,1H3,(H,19,20). The number of ether oxygens (including phenoxy) is 1. The lowest BCUT2D eigenvalue weighted by molar-refractivity contribution is -0.119. The molecule has 1 amide bonds. The smallest absolute Gasteiger partial charge is 0.341 e. The maximum absolute atomic E-state index is 13.5. The summed E-state index contributed by atoms with van der Waals surface area (Å²) in [6, 6.07) is 11.1. The third-order valence-corrected chi connectivity index (χ3v) is 3.31. The largest absolute Gasteiger partial charge is 0.452 e. The molecule has 0 aliphatic carbocycles. The van der Waals surface area contributed by atoms with E-state index < -0.39 is 24.3 Å². The molecule has 6 heteroatoms. The molecule has 0 radical (unpaired) electrons. The van der Waals surface area contributed by atoms with Crippen LogP contribution in [0.3, 0.4) is 0 Å². The fraction of sp³-hybridized carbons (Fsp3) is 0.125. The first kappa shape index (κ1) is 16.2. The Bertz CT molecular complexity index is 701. The topological polar surface area (TPSA) is 55.4 Å². The minimum atomic E-state index is -0.891. The van der Waals surface area contributed by atoms with Crippen molar-refractivity contribution in [1.82, 2.24) is 0 Å². The zero-order valence-electron chi connectivity index (χ0n) is 11.7. The van der Waals surface area contributed by atoms with E-state index in [0.717, 1.165) is 11.6 Å². The second-order valence-corrected chi connectivity index (χ2v) is 5.53. The number of rotatable bonds is 4. The lowest BCUT2D eigenvalue weighted by Gasteiger charge is -2.07. The predicted octanol–water partition coefficient (Wildman–Crippen LogP) is 3.69.